The summed E-state index contributed by atoms with van der Waals surface area (Å²) in [6.45, 7) is 1.07. The predicted octanol–water partition coefficient (Wildman–Crippen LogP) is 2.65. The molecule has 70 valence electrons. The second kappa shape index (κ2) is 2.91. The van der Waals surface area contributed by atoms with E-state index in [1.54, 1.807) is 0 Å². The Hall–Kier alpha value is -1.70. The third-order valence-electron chi connectivity index (χ3n) is 2.67. The number of hydrogen-bond acceptors (Lipinski definition) is 1. The number of aromatic nitrogens is 1. The van der Waals surface area contributed by atoms with Crippen molar-refractivity contribution in [1.29, 1.82) is 0 Å². The monoisotopic (exact) mass is 184 g/mol. The largest absolute Gasteiger partial charge is 0.383 e. The van der Waals surface area contributed by atoms with Gasteiger partial charge >= 0.3 is 0 Å². The predicted molar refractivity (Wildman–Crippen MR) is 58.4 cm³/mol. The van der Waals surface area contributed by atoms with E-state index in [0.29, 0.717) is 0 Å². The van der Waals surface area contributed by atoms with Gasteiger partial charge < -0.3 is 10.3 Å². The highest BCUT2D eigenvalue weighted by Gasteiger charge is 2.13. The van der Waals surface area contributed by atoms with Crippen molar-refractivity contribution < 1.29 is 0 Å². The summed E-state index contributed by atoms with van der Waals surface area (Å²) in [4.78, 5) is 3.45. The third-order valence-corrected chi connectivity index (χ3v) is 2.67. The van der Waals surface area contributed by atoms with Crippen LogP contribution in [-0.2, 0) is 6.42 Å². The van der Waals surface area contributed by atoms with Crippen LogP contribution in [0.2, 0.25) is 0 Å². The molecule has 0 atom stereocenters. The topological polar surface area (TPSA) is 27.8 Å². The Kier molecular flexibility index (Phi) is 1.60. The fourth-order valence-electron chi connectivity index (χ4n) is 1.95. The first kappa shape index (κ1) is 7.68. The van der Waals surface area contributed by atoms with E-state index in [0.717, 1.165) is 13.0 Å². The van der Waals surface area contributed by atoms with E-state index < -0.39 is 0 Å². The van der Waals surface area contributed by atoms with E-state index in [4.69, 9.17) is 0 Å². The molecule has 3 rings (SSSR count). The van der Waals surface area contributed by atoms with Crippen LogP contribution < -0.4 is 5.32 Å². The highest BCUT2D eigenvalue weighted by Crippen LogP contribution is 2.28. The molecular weight excluding hydrogens is 172 g/mol. The fraction of sp³-hybridized carbons (Fsp3) is 0.167. The maximum Gasteiger partial charge on any atom is 0.0558 e. The molecule has 0 bridgehead atoms. The summed E-state index contributed by atoms with van der Waals surface area (Å²) in [5, 5.41) is 3.36. The molecule has 0 spiro atoms. The van der Waals surface area contributed by atoms with Crippen LogP contribution in [0, 0.1) is 0 Å². The van der Waals surface area contributed by atoms with Crippen LogP contribution in [0.25, 0.3) is 11.3 Å². The minimum Gasteiger partial charge on any atom is -0.383 e. The Bertz CT molecular complexity index is 421. The normalized spacial score (nSPS) is 13.7. The van der Waals surface area contributed by atoms with Crippen LogP contribution in [-0.4, -0.2) is 11.5 Å². The van der Waals surface area contributed by atoms with E-state index in [1.807, 2.05) is 6.07 Å². The molecule has 1 aliphatic heterocycles. The number of aromatic amines is 1. The number of hydrogen-bond donors (Lipinski definition) is 2. The minimum absolute atomic E-state index is 1.07. The molecule has 0 unspecified atom stereocenters. The van der Waals surface area contributed by atoms with Crippen molar-refractivity contribution in [2.45, 2.75) is 6.42 Å². The average molecular weight is 184 g/mol. The number of rotatable bonds is 1. The highest BCUT2D eigenvalue weighted by molar-refractivity contribution is 5.69. The van der Waals surface area contributed by atoms with Crippen molar-refractivity contribution >= 4 is 5.69 Å². The van der Waals surface area contributed by atoms with Gasteiger partial charge in [-0.1, -0.05) is 30.3 Å². The maximum atomic E-state index is 3.45. The van der Waals surface area contributed by atoms with Gasteiger partial charge in [-0.15, -0.1) is 0 Å². The van der Waals surface area contributed by atoms with Gasteiger partial charge in [0, 0.05) is 24.4 Å². The van der Waals surface area contributed by atoms with Crippen LogP contribution in [0.5, 0.6) is 0 Å². The van der Waals surface area contributed by atoms with Crippen LogP contribution in [0.3, 0.4) is 0 Å². The molecule has 2 nitrogen and oxygen atoms in total. The minimum atomic E-state index is 1.07. The van der Waals surface area contributed by atoms with Gasteiger partial charge in [-0.2, -0.15) is 0 Å². The number of anilines is 1. The summed E-state index contributed by atoms with van der Waals surface area (Å²) in [6, 6.07) is 12.6. The van der Waals surface area contributed by atoms with Gasteiger partial charge in [0.05, 0.1) is 5.69 Å². The Morgan fingerprint density at radius 2 is 1.93 bits per heavy atom. The van der Waals surface area contributed by atoms with Gasteiger partial charge in [-0.05, 0) is 11.6 Å². The van der Waals surface area contributed by atoms with Crippen molar-refractivity contribution in [2.24, 2.45) is 0 Å². The quantitative estimate of drug-likeness (QED) is 0.700. The molecule has 0 radical (unpaired) electrons. The molecule has 0 fully saturated rings. The van der Waals surface area contributed by atoms with Gasteiger partial charge in [-0.3, -0.25) is 0 Å². The molecule has 1 aromatic heterocycles. The zero-order chi connectivity index (χ0) is 9.38. The Labute approximate surface area is 83.0 Å². The molecule has 1 aliphatic rings. The lowest BCUT2D eigenvalue weighted by atomic mass is 10.2. The first-order chi connectivity index (χ1) is 6.93. The smallest absolute Gasteiger partial charge is 0.0558 e. The summed E-state index contributed by atoms with van der Waals surface area (Å²) >= 11 is 0. The Balaban J connectivity index is 2.06. The van der Waals surface area contributed by atoms with Gasteiger partial charge in [0.15, 0.2) is 0 Å². The van der Waals surface area contributed by atoms with E-state index in [9.17, 15) is 0 Å². The van der Waals surface area contributed by atoms with Gasteiger partial charge in [0.1, 0.15) is 0 Å². The number of H-pyrrole nitrogens is 1. The zero-order valence-corrected chi connectivity index (χ0v) is 7.88. The molecule has 14 heavy (non-hydrogen) atoms. The molecule has 0 aliphatic carbocycles. The second-order valence-electron chi connectivity index (χ2n) is 3.62. The van der Waals surface area contributed by atoms with Crippen LogP contribution in [0.15, 0.2) is 36.4 Å². The lowest BCUT2D eigenvalue weighted by Crippen LogP contribution is -1.92. The summed E-state index contributed by atoms with van der Waals surface area (Å²) in [5.74, 6) is 0. The molecule has 2 aromatic rings. The van der Waals surface area contributed by atoms with Crippen LogP contribution in [0.1, 0.15) is 5.69 Å². The lowest BCUT2D eigenvalue weighted by molar-refractivity contribution is 1.05. The van der Waals surface area contributed by atoms with Gasteiger partial charge in [0.2, 0.25) is 0 Å². The summed E-state index contributed by atoms with van der Waals surface area (Å²) in [5.41, 5.74) is 5.07. The summed E-state index contributed by atoms with van der Waals surface area (Å²) < 4.78 is 0. The number of benzene rings is 1. The van der Waals surface area contributed by atoms with E-state index >= 15 is 0 Å². The van der Waals surface area contributed by atoms with E-state index in [1.165, 1.54) is 22.6 Å². The van der Waals surface area contributed by atoms with Gasteiger partial charge in [0.25, 0.3) is 0 Å². The molecule has 2 N–H and O–H groups in total. The molecule has 2 heterocycles. The molecule has 2 heteroatoms. The highest BCUT2D eigenvalue weighted by atomic mass is 15.0. The standard InChI is InChI=1S/C12H12N2/c1-2-4-9(5-3-1)11-8-12-10(14-11)6-7-13-12/h1-5,8,13-14H,6-7H2. The van der Waals surface area contributed by atoms with Crippen molar-refractivity contribution in [1.82, 2.24) is 4.98 Å². The average Bonchev–Trinajstić information content (AvgIpc) is 2.78. The molecular formula is C12H12N2. The van der Waals surface area contributed by atoms with Crippen molar-refractivity contribution in [3.05, 3.63) is 42.1 Å². The first-order valence-corrected chi connectivity index (χ1v) is 4.95. The van der Waals surface area contributed by atoms with E-state index in [-0.39, 0.29) is 0 Å². The van der Waals surface area contributed by atoms with Crippen molar-refractivity contribution in [3.63, 3.8) is 0 Å². The Morgan fingerprint density at radius 3 is 2.71 bits per heavy atom. The summed E-state index contributed by atoms with van der Waals surface area (Å²) in [6.07, 6.45) is 1.11. The van der Waals surface area contributed by atoms with E-state index in [2.05, 4.69) is 40.6 Å². The molecule has 0 saturated carbocycles. The molecule has 0 saturated heterocycles. The first-order valence-electron chi connectivity index (χ1n) is 4.95. The van der Waals surface area contributed by atoms with Gasteiger partial charge in [-0.25, -0.2) is 0 Å². The lowest BCUT2D eigenvalue weighted by Gasteiger charge is -1.97. The summed E-state index contributed by atoms with van der Waals surface area (Å²) in [7, 11) is 0. The van der Waals surface area contributed by atoms with Crippen molar-refractivity contribution in [3.8, 4) is 11.3 Å². The Morgan fingerprint density at radius 1 is 1.07 bits per heavy atom. The fourth-order valence-corrected chi connectivity index (χ4v) is 1.95. The molecule has 1 aromatic carbocycles. The zero-order valence-electron chi connectivity index (χ0n) is 7.88. The number of fused-ring (bicyclic) bond motifs is 1. The van der Waals surface area contributed by atoms with Crippen LogP contribution >= 0.6 is 0 Å². The van der Waals surface area contributed by atoms with Crippen LogP contribution in [0.4, 0.5) is 5.69 Å². The van der Waals surface area contributed by atoms with Crippen molar-refractivity contribution in [2.75, 3.05) is 11.9 Å². The third kappa shape index (κ3) is 1.11. The number of nitrogens with one attached hydrogen (secondary N) is 2. The molecule has 0 amide bonds. The second-order valence-corrected chi connectivity index (χ2v) is 3.62. The maximum absolute atomic E-state index is 3.45. The SMILES string of the molecule is c1ccc(-c2cc3c([nH]2)CCN3)cc1.